The molecule has 0 saturated carbocycles. The molecule has 0 radical (unpaired) electrons. The Hall–Kier alpha value is -1.76. The maximum absolute atomic E-state index is 12.5. The molecule has 0 unspecified atom stereocenters. The Labute approximate surface area is 116 Å². The summed E-state index contributed by atoms with van der Waals surface area (Å²) in [5, 5.41) is 9.32. The summed E-state index contributed by atoms with van der Waals surface area (Å²) in [6.07, 6.45) is -5.35. The number of hydrogen-bond acceptors (Lipinski definition) is 2. The van der Waals surface area contributed by atoms with Gasteiger partial charge in [0.05, 0.1) is 0 Å². The molecule has 8 heteroatoms. The van der Waals surface area contributed by atoms with E-state index in [1.807, 2.05) is 0 Å². The van der Waals surface area contributed by atoms with Gasteiger partial charge in [0.15, 0.2) is 0 Å². The Morgan fingerprint density at radius 2 is 2.00 bits per heavy atom. The predicted molar refractivity (Wildman–Crippen MR) is 63.2 cm³/mol. The SMILES string of the molecule is O=C(O)[C@@H]1Cc2c(Cl)cccc2CN1C(=O)C(F)(F)F. The van der Waals surface area contributed by atoms with Crippen LogP contribution in [0.15, 0.2) is 18.2 Å². The standard InChI is InChI=1S/C12H9ClF3NO3/c13-8-3-1-2-6-5-17(11(20)12(14,15)16)9(10(18)19)4-7(6)8/h1-3,9H,4-5H2,(H,18,19)/t9-/m0/s1. The first-order chi connectivity index (χ1) is 9.21. The van der Waals surface area contributed by atoms with E-state index in [0.717, 1.165) is 0 Å². The number of carboxylic acid groups (broad SMARTS) is 1. The van der Waals surface area contributed by atoms with Crippen LogP contribution in [0.3, 0.4) is 0 Å². The first-order valence-corrected chi connectivity index (χ1v) is 5.96. The van der Waals surface area contributed by atoms with Gasteiger partial charge in [0, 0.05) is 18.0 Å². The van der Waals surface area contributed by atoms with Crippen LogP contribution in [0.5, 0.6) is 0 Å². The van der Waals surface area contributed by atoms with Gasteiger partial charge in [-0.15, -0.1) is 0 Å². The number of nitrogens with zero attached hydrogens (tertiary/aromatic N) is 1. The van der Waals surface area contributed by atoms with Gasteiger partial charge in [0.1, 0.15) is 6.04 Å². The van der Waals surface area contributed by atoms with Gasteiger partial charge in [-0.05, 0) is 17.2 Å². The molecule has 0 aromatic heterocycles. The van der Waals surface area contributed by atoms with E-state index in [2.05, 4.69) is 0 Å². The summed E-state index contributed by atoms with van der Waals surface area (Å²) in [7, 11) is 0. The molecule has 2 rings (SSSR count). The smallest absolute Gasteiger partial charge is 0.471 e. The van der Waals surface area contributed by atoms with Crippen LogP contribution in [0, 0.1) is 0 Å². The van der Waals surface area contributed by atoms with Crippen molar-refractivity contribution in [3.8, 4) is 0 Å². The summed E-state index contributed by atoms with van der Waals surface area (Å²) < 4.78 is 37.5. The third kappa shape index (κ3) is 2.58. The zero-order valence-corrected chi connectivity index (χ0v) is 10.7. The number of halogens is 4. The van der Waals surface area contributed by atoms with Crippen LogP contribution in [0.4, 0.5) is 13.2 Å². The van der Waals surface area contributed by atoms with Gasteiger partial charge in [-0.3, -0.25) is 4.79 Å². The molecule has 1 amide bonds. The molecular weight excluding hydrogens is 299 g/mol. The van der Waals surface area contributed by atoms with Crippen LogP contribution < -0.4 is 0 Å². The van der Waals surface area contributed by atoms with E-state index in [9.17, 15) is 22.8 Å². The zero-order valence-electron chi connectivity index (χ0n) is 9.95. The highest BCUT2D eigenvalue weighted by atomic mass is 35.5. The van der Waals surface area contributed by atoms with Gasteiger partial charge in [-0.1, -0.05) is 23.7 Å². The van der Waals surface area contributed by atoms with Crippen molar-refractivity contribution in [1.82, 2.24) is 4.90 Å². The molecule has 1 aliphatic heterocycles. The third-order valence-corrected chi connectivity index (χ3v) is 3.47. The third-order valence-electron chi connectivity index (χ3n) is 3.12. The van der Waals surface area contributed by atoms with Crippen LogP contribution in [0.25, 0.3) is 0 Å². The van der Waals surface area contributed by atoms with E-state index in [4.69, 9.17) is 16.7 Å². The number of amides is 1. The summed E-state index contributed by atoms with van der Waals surface area (Å²) >= 11 is 5.91. The minimum atomic E-state index is -5.11. The molecule has 0 bridgehead atoms. The lowest BCUT2D eigenvalue weighted by atomic mass is 9.93. The maximum Gasteiger partial charge on any atom is 0.471 e. The Kier molecular flexibility index (Phi) is 3.64. The molecule has 20 heavy (non-hydrogen) atoms. The number of rotatable bonds is 1. The molecule has 4 nitrogen and oxygen atoms in total. The second-order valence-electron chi connectivity index (χ2n) is 4.37. The van der Waals surface area contributed by atoms with Crippen molar-refractivity contribution in [2.45, 2.75) is 25.2 Å². The van der Waals surface area contributed by atoms with Crippen LogP contribution >= 0.6 is 11.6 Å². The number of hydrogen-bond donors (Lipinski definition) is 1. The van der Waals surface area contributed by atoms with Crippen molar-refractivity contribution in [1.29, 1.82) is 0 Å². The fraction of sp³-hybridized carbons (Fsp3) is 0.333. The number of carbonyl (C=O) groups excluding carboxylic acids is 1. The average Bonchev–Trinajstić information content (AvgIpc) is 2.35. The molecule has 0 fully saturated rings. The second kappa shape index (κ2) is 4.97. The van der Waals surface area contributed by atoms with Crippen molar-refractivity contribution in [2.75, 3.05) is 0 Å². The molecule has 0 aliphatic carbocycles. The highest BCUT2D eigenvalue weighted by Gasteiger charge is 2.47. The van der Waals surface area contributed by atoms with Crippen LogP contribution in [-0.4, -0.2) is 34.1 Å². The molecule has 1 aromatic carbocycles. The number of aliphatic carboxylic acids is 1. The summed E-state index contributed by atoms with van der Waals surface area (Å²) in [6.45, 7) is -0.425. The lowest BCUT2D eigenvalue weighted by Gasteiger charge is -2.35. The first-order valence-electron chi connectivity index (χ1n) is 5.58. The molecule has 1 aliphatic rings. The Bertz CT molecular complexity index is 574. The lowest BCUT2D eigenvalue weighted by Crippen LogP contribution is -2.52. The van der Waals surface area contributed by atoms with E-state index in [-0.39, 0.29) is 11.4 Å². The van der Waals surface area contributed by atoms with E-state index < -0.39 is 30.6 Å². The van der Waals surface area contributed by atoms with Gasteiger partial charge in [-0.2, -0.15) is 13.2 Å². The van der Waals surface area contributed by atoms with Crippen LogP contribution in [-0.2, 0) is 22.6 Å². The number of fused-ring (bicyclic) bond motifs is 1. The van der Waals surface area contributed by atoms with E-state index in [0.29, 0.717) is 16.0 Å². The molecule has 1 aromatic rings. The fourth-order valence-corrected chi connectivity index (χ4v) is 2.45. The topological polar surface area (TPSA) is 57.6 Å². The second-order valence-corrected chi connectivity index (χ2v) is 4.77. The van der Waals surface area contributed by atoms with Gasteiger partial charge >= 0.3 is 18.1 Å². The van der Waals surface area contributed by atoms with Gasteiger partial charge in [-0.25, -0.2) is 4.79 Å². The Morgan fingerprint density at radius 3 is 2.55 bits per heavy atom. The molecule has 1 heterocycles. The summed E-state index contributed by atoms with van der Waals surface area (Å²) in [5.41, 5.74) is 0.889. The van der Waals surface area contributed by atoms with E-state index in [1.165, 1.54) is 12.1 Å². The number of alkyl halides is 3. The van der Waals surface area contributed by atoms with Crippen LogP contribution in [0.1, 0.15) is 11.1 Å². The normalized spacial score (nSPS) is 18.6. The molecular formula is C12H9ClF3NO3. The fourth-order valence-electron chi connectivity index (χ4n) is 2.17. The van der Waals surface area contributed by atoms with Crippen molar-refractivity contribution < 1.29 is 27.9 Å². The minimum Gasteiger partial charge on any atom is -0.480 e. The molecule has 0 saturated heterocycles. The van der Waals surface area contributed by atoms with Crippen LogP contribution in [0.2, 0.25) is 5.02 Å². The minimum absolute atomic E-state index is 0.244. The Balaban J connectivity index is 2.43. The molecule has 0 spiro atoms. The van der Waals surface area contributed by atoms with Crippen molar-refractivity contribution in [3.05, 3.63) is 34.3 Å². The van der Waals surface area contributed by atoms with Crippen molar-refractivity contribution in [3.63, 3.8) is 0 Å². The number of carboxylic acids is 1. The predicted octanol–water partition coefficient (Wildman–Crippen LogP) is 2.24. The van der Waals surface area contributed by atoms with E-state index in [1.54, 1.807) is 6.07 Å². The maximum atomic E-state index is 12.5. The summed E-state index contributed by atoms with van der Waals surface area (Å²) in [5.74, 6) is -3.65. The summed E-state index contributed by atoms with van der Waals surface area (Å²) in [6, 6.07) is 3.02. The number of benzene rings is 1. The monoisotopic (exact) mass is 307 g/mol. The van der Waals surface area contributed by atoms with Crippen molar-refractivity contribution >= 4 is 23.5 Å². The van der Waals surface area contributed by atoms with Gasteiger partial charge in [0.25, 0.3) is 0 Å². The lowest BCUT2D eigenvalue weighted by molar-refractivity contribution is -0.191. The largest absolute Gasteiger partial charge is 0.480 e. The Morgan fingerprint density at radius 1 is 1.35 bits per heavy atom. The summed E-state index contributed by atoms with van der Waals surface area (Å²) in [4.78, 5) is 22.8. The highest BCUT2D eigenvalue weighted by molar-refractivity contribution is 6.31. The van der Waals surface area contributed by atoms with E-state index >= 15 is 0 Å². The quantitative estimate of drug-likeness (QED) is 0.865. The first kappa shape index (κ1) is 14.6. The van der Waals surface area contributed by atoms with Gasteiger partial charge in [0.2, 0.25) is 0 Å². The molecule has 1 atom stereocenters. The molecule has 1 N–H and O–H groups in total. The molecule has 108 valence electrons. The number of carbonyl (C=O) groups is 2. The zero-order chi connectivity index (χ0) is 15.1. The average molecular weight is 308 g/mol. The van der Waals surface area contributed by atoms with Gasteiger partial charge < -0.3 is 10.0 Å². The highest BCUT2D eigenvalue weighted by Crippen LogP contribution is 2.31. The van der Waals surface area contributed by atoms with Crippen molar-refractivity contribution in [2.24, 2.45) is 0 Å².